The lowest BCUT2D eigenvalue weighted by atomic mass is 9.69. The molecule has 0 saturated heterocycles. The first-order valence-electron chi connectivity index (χ1n) is 3.94. The van der Waals surface area contributed by atoms with E-state index in [9.17, 15) is 0 Å². The van der Waals surface area contributed by atoms with E-state index >= 15 is 0 Å². The Balaban J connectivity index is 2.73. The third-order valence-electron chi connectivity index (χ3n) is 2.07. The van der Waals surface area contributed by atoms with Crippen LogP contribution < -0.4 is 0 Å². The van der Waals surface area contributed by atoms with Gasteiger partial charge in [0, 0.05) is 0 Å². The van der Waals surface area contributed by atoms with Gasteiger partial charge in [-0.15, -0.1) is 0 Å². The van der Waals surface area contributed by atoms with E-state index in [1.54, 1.807) is 0 Å². The average Bonchev–Trinajstić information content (AvgIpc) is 1.56. The Morgan fingerprint density at radius 1 is 1.30 bits per heavy atom. The molecule has 10 heavy (non-hydrogen) atoms. The summed E-state index contributed by atoms with van der Waals surface area (Å²) in [6.07, 6.45) is 6.91. The van der Waals surface area contributed by atoms with Crippen molar-refractivity contribution in [2.75, 3.05) is 0 Å². The number of allylic oxidation sites excluding steroid dienone is 2. The van der Waals surface area contributed by atoms with Crippen molar-refractivity contribution in [1.82, 2.24) is 0 Å². The molecule has 1 rings (SSSR count). The molecule has 1 unspecified atom stereocenters. The highest BCUT2D eigenvalue weighted by Gasteiger charge is 2.29. The van der Waals surface area contributed by atoms with E-state index in [1.165, 1.54) is 12.8 Å². The molecule has 0 aromatic heterocycles. The summed E-state index contributed by atoms with van der Waals surface area (Å²) in [5.74, 6) is 0. The summed E-state index contributed by atoms with van der Waals surface area (Å²) in [5.41, 5.74) is 0.646. The molecule has 1 radical (unpaired) electrons. The van der Waals surface area contributed by atoms with Crippen LogP contribution in [0.3, 0.4) is 0 Å². The van der Waals surface area contributed by atoms with Crippen LogP contribution in [0.2, 0.25) is 0 Å². The van der Waals surface area contributed by atoms with E-state index in [1.807, 2.05) is 0 Å². The lowest BCUT2D eigenvalue weighted by Gasteiger charge is -2.36. The molecule has 1 aliphatic carbocycles. The third kappa shape index (κ3) is 1.86. The highest BCUT2D eigenvalue weighted by Crippen LogP contribution is 2.40. The van der Waals surface area contributed by atoms with Gasteiger partial charge >= 0.3 is 0 Å². The van der Waals surface area contributed by atoms with Crippen molar-refractivity contribution in [3.63, 3.8) is 0 Å². The van der Waals surface area contributed by atoms with Gasteiger partial charge in [0.05, 0.1) is 0 Å². The minimum Gasteiger partial charge on any atom is -0.0875 e. The van der Waals surface area contributed by atoms with Gasteiger partial charge in [-0.25, -0.2) is 0 Å². The fraction of sp³-hybridized carbons (Fsp3) is 0.700. The van der Waals surface area contributed by atoms with Gasteiger partial charge in [0.2, 0.25) is 0 Å². The molecule has 0 N–H and O–H groups in total. The van der Waals surface area contributed by atoms with Gasteiger partial charge in [0.15, 0.2) is 0 Å². The molecule has 0 fully saturated rings. The normalized spacial score (nSPS) is 28.4. The zero-order chi connectivity index (χ0) is 7.83. The van der Waals surface area contributed by atoms with Crippen LogP contribution in [0.4, 0.5) is 0 Å². The Bertz CT molecular complexity index is 149. The molecule has 1 atom stereocenters. The summed E-state index contributed by atoms with van der Waals surface area (Å²) < 4.78 is 0. The van der Waals surface area contributed by atoms with Gasteiger partial charge in [-0.1, -0.05) is 32.9 Å². The minimum absolute atomic E-state index is 0.182. The fourth-order valence-corrected chi connectivity index (χ4v) is 1.89. The molecular formula is C10H17. The van der Waals surface area contributed by atoms with E-state index in [0.717, 1.165) is 0 Å². The van der Waals surface area contributed by atoms with Crippen molar-refractivity contribution in [1.29, 1.82) is 0 Å². The average molecular weight is 137 g/mol. The van der Waals surface area contributed by atoms with Crippen LogP contribution in [0, 0.1) is 17.8 Å². The van der Waals surface area contributed by atoms with Crippen LogP contribution >= 0.6 is 0 Å². The second-order valence-electron chi connectivity index (χ2n) is 4.60. The SMILES string of the molecule is [CH2]C1(C)C=CCC(C)(C)C1. The van der Waals surface area contributed by atoms with Gasteiger partial charge < -0.3 is 0 Å². The second kappa shape index (κ2) is 2.11. The fourth-order valence-electron chi connectivity index (χ4n) is 1.89. The molecule has 0 spiro atoms. The molecule has 0 bridgehead atoms. The number of hydrogen-bond acceptors (Lipinski definition) is 0. The maximum Gasteiger partial charge on any atom is -0.0141 e. The van der Waals surface area contributed by atoms with Crippen molar-refractivity contribution in [2.24, 2.45) is 10.8 Å². The van der Waals surface area contributed by atoms with E-state index < -0.39 is 0 Å². The summed E-state index contributed by atoms with van der Waals surface area (Å²) in [6.45, 7) is 10.9. The molecule has 0 aliphatic heterocycles. The van der Waals surface area contributed by atoms with Gasteiger partial charge in [-0.3, -0.25) is 0 Å². The van der Waals surface area contributed by atoms with Crippen molar-refractivity contribution in [3.8, 4) is 0 Å². The minimum atomic E-state index is 0.182. The topological polar surface area (TPSA) is 0 Å². The van der Waals surface area contributed by atoms with Crippen LogP contribution in [0.25, 0.3) is 0 Å². The van der Waals surface area contributed by atoms with Gasteiger partial charge in [-0.05, 0) is 30.6 Å². The highest BCUT2D eigenvalue weighted by atomic mass is 14.3. The monoisotopic (exact) mass is 137 g/mol. The van der Waals surface area contributed by atoms with Gasteiger partial charge in [-0.2, -0.15) is 0 Å². The molecule has 0 aromatic carbocycles. The van der Waals surface area contributed by atoms with Gasteiger partial charge in [0.25, 0.3) is 0 Å². The molecule has 0 saturated carbocycles. The lowest BCUT2D eigenvalue weighted by molar-refractivity contribution is 0.243. The largest absolute Gasteiger partial charge is 0.0875 e. The van der Waals surface area contributed by atoms with E-state index in [-0.39, 0.29) is 5.41 Å². The van der Waals surface area contributed by atoms with Crippen molar-refractivity contribution < 1.29 is 0 Å². The standard InChI is InChI=1S/C10H17/c1-9(2)6-5-7-10(3,4)8-9/h5-6H,1,7-8H2,2-4H3. The Morgan fingerprint density at radius 3 is 2.20 bits per heavy atom. The maximum atomic E-state index is 4.14. The number of hydrogen-bond donors (Lipinski definition) is 0. The Kier molecular flexibility index (Phi) is 1.66. The molecule has 0 aromatic rings. The van der Waals surface area contributed by atoms with Crippen LogP contribution in [-0.4, -0.2) is 0 Å². The molecule has 1 aliphatic rings. The summed E-state index contributed by atoms with van der Waals surface area (Å²) >= 11 is 0. The predicted octanol–water partition coefficient (Wildman–Crippen LogP) is 3.20. The second-order valence-corrected chi connectivity index (χ2v) is 4.60. The van der Waals surface area contributed by atoms with Crippen molar-refractivity contribution in [3.05, 3.63) is 19.1 Å². The number of rotatable bonds is 0. The summed E-state index contributed by atoms with van der Waals surface area (Å²) in [7, 11) is 0. The third-order valence-corrected chi connectivity index (χ3v) is 2.07. The van der Waals surface area contributed by atoms with Gasteiger partial charge in [0.1, 0.15) is 0 Å². The first-order valence-corrected chi connectivity index (χ1v) is 3.94. The van der Waals surface area contributed by atoms with Crippen LogP contribution in [0.1, 0.15) is 33.6 Å². The summed E-state index contributed by atoms with van der Waals surface area (Å²) in [6, 6.07) is 0. The molecule has 0 nitrogen and oxygen atoms in total. The predicted molar refractivity (Wildman–Crippen MR) is 45.6 cm³/mol. The van der Waals surface area contributed by atoms with Crippen LogP contribution in [0.15, 0.2) is 12.2 Å². The zero-order valence-corrected chi connectivity index (χ0v) is 7.28. The van der Waals surface area contributed by atoms with E-state index in [2.05, 4.69) is 39.8 Å². The van der Waals surface area contributed by atoms with Crippen LogP contribution in [-0.2, 0) is 0 Å². The Labute approximate surface area is 64.3 Å². The first kappa shape index (κ1) is 7.84. The molecule has 57 valence electrons. The van der Waals surface area contributed by atoms with Crippen molar-refractivity contribution >= 4 is 0 Å². The maximum absolute atomic E-state index is 4.14. The summed E-state index contributed by atoms with van der Waals surface area (Å²) in [5, 5.41) is 0. The Hall–Kier alpha value is -0.260. The summed E-state index contributed by atoms with van der Waals surface area (Å²) in [4.78, 5) is 0. The molecule has 0 heterocycles. The Morgan fingerprint density at radius 2 is 1.90 bits per heavy atom. The highest BCUT2D eigenvalue weighted by molar-refractivity contribution is 5.07. The van der Waals surface area contributed by atoms with Crippen molar-refractivity contribution in [2.45, 2.75) is 33.6 Å². The quantitative estimate of drug-likeness (QED) is 0.450. The van der Waals surface area contributed by atoms with E-state index in [0.29, 0.717) is 5.41 Å². The molecule has 0 amide bonds. The van der Waals surface area contributed by atoms with Crippen LogP contribution in [0.5, 0.6) is 0 Å². The zero-order valence-electron chi connectivity index (χ0n) is 7.28. The lowest BCUT2D eigenvalue weighted by Crippen LogP contribution is -2.24. The molecule has 0 heteroatoms. The molecular weight excluding hydrogens is 120 g/mol. The smallest absolute Gasteiger partial charge is 0.0141 e. The van der Waals surface area contributed by atoms with E-state index in [4.69, 9.17) is 0 Å². The first-order chi connectivity index (χ1) is 4.41.